The third-order valence-electron chi connectivity index (χ3n) is 19.1. The number of carbonyl (C=O) groups excluding carboxylic acids is 8. The molecule has 24 nitrogen and oxygen atoms in total. The van der Waals surface area contributed by atoms with E-state index in [1.165, 1.54) is 180 Å². The standard InChI is InChI=1S/C27H54N4O2.C22H44N4O2.C19H38N4O2.C17H34N4O2/c1-3-5-6-7-8-9-10-11-12-13-14-15-16-17-18-22-26(33)31-24(25(32)20-4-2)21-19-23-30-27(28)29;1-3-5-6-7-8-9-10-11-12-17-21(28)26-19(20(27)15-4-2)16-13-14-18-25-22(23)24;1-3-5-6-7-8-9-10-14-18(25)23-16(17(24)12-4-2)13-11-15-22-19(20)21;1-3-5-6-7-8-12-16(23)21-14(15(22)10-4-2)11-9-13-20-17(18)19/h24H,3-23H2,1-2H3,(H,31,33)(H4,28,29,30);19H,3-18H2,1-2H3,(H,26,28)(H4,23,24,25);16H,3-15H2,1-2H3,(H,23,25)(H4,20,21,22);14H,3-13H2,1-2H3,(H,21,23)(H4,18,19,20)/p+3. The Labute approximate surface area is 664 Å². The molecule has 24 heteroatoms. The number of carbonyl (C=O) groups is 8. The molecule has 0 rings (SSSR count). The van der Waals surface area contributed by atoms with Crippen molar-refractivity contribution in [3.05, 3.63) is 0 Å². The van der Waals surface area contributed by atoms with Gasteiger partial charge in [-0.15, -0.1) is 0 Å². The number of unbranched alkanes of at least 4 members (excludes halogenated alkanes) is 33. The van der Waals surface area contributed by atoms with Crippen molar-refractivity contribution in [1.82, 2.24) is 21.3 Å². The van der Waals surface area contributed by atoms with Crippen LogP contribution < -0.4 is 82.1 Å². The van der Waals surface area contributed by atoms with Gasteiger partial charge in [-0.25, -0.2) is 0 Å². The van der Waals surface area contributed by atoms with Gasteiger partial charge >= 0.3 is 17.9 Å². The summed E-state index contributed by atoms with van der Waals surface area (Å²) in [6.45, 7) is 19.2. The smallest absolute Gasteiger partial charge is 0.338 e. The summed E-state index contributed by atoms with van der Waals surface area (Å²) in [5.41, 5.74) is 42.8. The quantitative estimate of drug-likeness (QED) is 0.0153. The van der Waals surface area contributed by atoms with Crippen LogP contribution in [0.1, 0.15) is 421 Å². The Morgan fingerprint density at radius 1 is 0.239 bits per heavy atom. The van der Waals surface area contributed by atoms with Gasteiger partial charge in [0.15, 0.2) is 29.1 Å². The molecule has 109 heavy (non-hydrogen) atoms. The molecule has 4 unspecified atom stereocenters. The number of nitrogens with two attached hydrogens (primary N) is 8. The number of hydrogen-bond acceptors (Lipinski definition) is 9. The van der Waals surface area contributed by atoms with E-state index in [1.807, 2.05) is 27.7 Å². The molecular formula is C85H173N16O8+3. The third kappa shape index (κ3) is 82.4. The Morgan fingerprint density at radius 2 is 0.431 bits per heavy atom. The van der Waals surface area contributed by atoms with Crippen LogP contribution in [0.4, 0.5) is 0 Å². The fourth-order valence-corrected chi connectivity index (χ4v) is 12.7. The lowest BCUT2D eigenvalue weighted by molar-refractivity contribution is -0.460. The van der Waals surface area contributed by atoms with Crippen molar-refractivity contribution >= 4 is 70.6 Å². The van der Waals surface area contributed by atoms with E-state index in [0.717, 1.165) is 109 Å². The topological polar surface area (TPSA) is 447 Å². The number of nitrogens with one attached hydrogen (secondary N) is 7. The van der Waals surface area contributed by atoms with Gasteiger partial charge in [-0.3, -0.25) is 92.7 Å². The number of ketones is 4. The van der Waals surface area contributed by atoms with E-state index in [1.54, 1.807) is 0 Å². The molecule has 638 valence electrons. The highest BCUT2D eigenvalue weighted by Crippen LogP contribution is 2.17. The summed E-state index contributed by atoms with van der Waals surface area (Å²) < 4.78 is 0. The van der Waals surface area contributed by atoms with Crippen LogP contribution in [0.25, 0.3) is 0 Å². The molecule has 4 atom stereocenters. The van der Waals surface area contributed by atoms with Crippen molar-refractivity contribution < 1.29 is 53.3 Å². The highest BCUT2D eigenvalue weighted by molar-refractivity contribution is 5.91. The first kappa shape index (κ1) is 109. The molecule has 0 saturated heterocycles. The lowest BCUT2D eigenvalue weighted by Gasteiger charge is -2.17. The molecule has 0 bridgehead atoms. The maximum Gasteiger partial charge on any atom is 0.338 e. The summed E-state index contributed by atoms with van der Waals surface area (Å²) in [5.74, 6) is 1.07. The fraction of sp³-hybridized carbons (Fsp3) is 0.859. The molecule has 0 saturated carbocycles. The predicted molar refractivity (Wildman–Crippen MR) is 455 cm³/mol. The highest BCUT2D eigenvalue weighted by atomic mass is 16.2. The normalized spacial score (nSPS) is 11.8. The van der Waals surface area contributed by atoms with Crippen LogP contribution in [-0.4, -0.2) is 121 Å². The van der Waals surface area contributed by atoms with E-state index >= 15 is 0 Å². The summed E-state index contributed by atoms with van der Waals surface area (Å²) in [7, 11) is 0. The Balaban J connectivity index is -0.000000680. The number of Topliss-reactive ketones (excluding diaryl/α,β-unsaturated/α-hetero) is 4. The molecule has 0 aromatic heterocycles. The van der Waals surface area contributed by atoms with Crippen molar-refractivity contribution in [3.63, 3.8) is 0 Å². The largest absolute Gasteiger partial charge is 0.370 e. The van der Waals surface area contributed by atoms with Crippen LogP contribution in [0.15, 0.2) is 4.99 Å². The molecular weight excluding hydrogens is 1370 g/mol. The highest BCUT2D eigenvalue weighted by Gasteiger charge is 2.23. The van der Waals surface area contributed by atoms with E-state index in [4.69, 9.17) is 45.9 Å². The molecule has 0 heterocycles. The number of amides is 4. The minimum Gasteiger partial charge on any atom is -0.370 e. The van der Waals surface area contributed by atoms with Crippen molar-refractivity contribution in [3.8, 4) is 0 Å². The molecule has 0 aliphatic carbocycles. The first-order valence-electron chi connectivity index (χ1n) is 44.2. The van der Waals surface area contributed by atoms with Gasteiger partial charge in [0.25, 0.3) is 0 Å². The molecule has 4 amide bonds. The molecule has 0 aliphatic rings. The number of aliphatic imine (C=N–C) groups is 1. The number of nitrogens with zero attached hydrogens (tertiary/aromatic N) is 1. The second-order valence-corrected chi connectivity index (χ2v) is 30.0. The summed E-state index contributed by atoms with van der Waals surface area (Å²) in [6.07, 6.45) is 58.1. The molecule has 0 aromatic carbocycles. The van der Waals surface area contributed by atoms with Crippen LogP contribution in [0.3, 0.4) is 0 Å². The summed E-state index contributed by atoms with van der Waals surface area (Å²) in [5, 5.41) is 11.7. The first-order valence-corrected chi connectivity index (χ1v) is 44.2. The van der Waals surface area contributed by atoms with Crippen LogP contribution in [0, 0.1) is 0 Å². The third-order valence-corrected chi connectivity index (χ3v) is 19.1. The number of hydrogen-bond donors (Lipinski definition) is 15. The Bertz CT molecular complexity index is 2320. The summed E-state index contributed by atoms with van der Waals surface area (Å²) >= 11 is 0. The zero-order valence-electron chi connectivity index (χ0n) is 71.3. The Kier molecular flexibility index (Phi) is 84.1. The van der Waals surface area contributed by atoms with Gasteiger partial charge in [0.2, 0.25) is 23.6 Å². The van der Waals surface area contributed by atoms with Gasteiger partial charge in [0.1, 0.15) is 0 Å². The lowest BCUT2D eigenvalue weighted by Crippen LogP contribution is -2.78. The van der Waals surface area contributed by atoms with Gasteiger partial charge in [-0.05, 0) is 109 Å². The maximum absolute atomic E-state index is 12.3. The monoisotopic (exact) mass is 1550 g/mol. The van der Waals surface area contributed by atoms with E-state index in [0.29, 0.717) is 103 Å². The SMILES string of the molecule is CCCCCCCC(=O)NC(CCC[NH+]=C(N)N)C(=O)CCC.CCCCCCCCCC(=O)NC(CCC[NH+]=C(N)N)C(=O)CCC.CCCCCCCCCCCC(=O)NC(CCCCN=C(N)N)C(=O)CCC.CCCCCCCCCCCCCCCCCC(=O)NC(CCC[NH+]=C(N)N)C(=O)CCC. The minimum absolute atomic E-state index is 0.00150. The molecule has 0 aromatic rings. The minimum atomic E-state index is -0.394. The van der Waals surface area contributed by atoms with Crippen molar-refractivity contribution in [2.75, 3.05) is 26.2 Å². The van der Waals surface area contributed by atoms with Crippen LogP contribution in [0.2, 0.25) is 0 Å². The van der Waals surface area contributed by atoms with E-state index in [9.17, 15) is 38.4 Å². The molecule has 23 N–H and O–H groups in total. The first-order chi connectivity index (χ1) is 52.5. The van der Waals surface area contributed by atoms with Gasteiger partial charge in [-0.1, -0.05) is 261 Å². The number of rotatable bonds is 73. The van der Waals surface area contributed by atoms with Crippen molar-refractivity contribution in [2.24, 2.45) is 50.9 Å². The van der Waals surface area contributed by atoms with E-state index in [2.05, 4.69) is 68.9 Å². The van der Waals surface area contributed by atoms with Crippen LogP contribution in [0.5, 0.6) is 0 Å². The zero-order valence-corrected chi connectivity index (χ0v) is 71.3. The van der Waals surface area contributed by atoms with Gasteiger partial charge in [-0.2, -0.15) is 0 Å². The van der Waals surface area contributed by atoms with Gasteiger partial charge < -0.3 is 32.7 Å². The van der Waals surface area contributed by atoms with Crippen molar-refractivity contribution in [2.45, 2.75) is 446 Å². The van der Waals surface area contributed by atoms with Gasteiger partial charge in [0, 0.05) is 57.9 Å². The molecule has 0 spiro atoms. The fourth-order valence-electron chi connectivity index (χ4n) is 12.7. The maximum atomic E-state index is 12.3. The molecule has 0 radical (unpaired) electrons. The second kappa shape index (κ2) is 84.1. The van der Waals surface area contributed by atoms with E-state index < -0.39 is 12.1 Å². The summed E-state index contributed by atoms with van der Waals surface area (Å²) in [4.78, 5) is 110. The average Bonchev–Trinajstić information content (AvgIpc) is 0.946. The summed E-state index contributed by atoms with van der Waals surface area (Å²) in [6, 6.07) is -1.54. The lowest BCUT2D eigenvalue weighted by atomic mass is 10.0. The second-order valence-electron chi connectivity index (χ2n) is 30.0. The van der Waals surface area contributed by atoms with E-state index in [-0.39, 0.29) is 82.7 Å². The average molecular weight is 1550 g/mol. The predicted octanol–water partition coefficient (Wildman–Crippen LogP) is 9.89. The Hall–Kier alpha value is -6.36. The Morgan fingerprint density at radius 3 is 0.615 bits per heavy atom. The molecule has 0 fully saturated rings. The number of guanidine groups is 4. The molecule has 0 aliphatic heterocycles. The van der Waals surface area contributed by atoms with Gasteiger partial charge in [0.05, 0.1) is 43.8 Å². The van der Waals surface area contributed by atoms with Crippen LogP contribution in [-0.2, 0) is 38.4 Å². The zero-order chi connectivity index (χ0) is 82.0. The van der Waals surface area contributed by atoms with Crippen molar-refractivity contribution in [1.29, 1.82) is 0 Å². The van der Waals surface area contributed by atoms with Crippen LogP contribution >= 0.6 is 0 Å².